The van der Waals surface area contributed by atoms with E-state index in [9.17, 15) is 22.4 Å². The van der Waals surface area contributed by atoms with E-state index in [-0.39, 0.29) is 0 Å². The molecule has 1 aliphatic heterocycles. The van der Waals surface area contributed by atoms with Crippen molar-refractivity contribution < 1.29 is 27.1 Å². The second-order valence-corrected chi connectivity index (χ2v) is 4.56. The average Bonchev–Trinajstić information content (AvgIpc) is 2.46. The van der Waals surface area contributed by atoms with Crippen molar-refractivity contribution in [3.8, 4) is 0 Å². The quantitative estimate of drug-likeness (QED) is 0.517. The van der Waals surface area contributed by atoms with Crippen LogP contribution >= 0.6 is 0 Å². The highest BCUT2D eigenvalue weighted by Crippen LogP contribution is 2.34. The fourth-order valence-electron chi connectivity index (χ4n) is 2.40. The highest BCUT2D eigenvalue weighted by molar-refractivity contribution is 5.90. The zero-order valence-corrected chi connectivity index (χ0v) is 10.7. The van der Waals surface area contributed by atoms with Crippen LogP contribution in [0.2, 0.25) is 0 Å². The number of rotatable bonds is 2. The van der Waals surface area contributed by atoms with Gasteiger partial charge in [0.1, 0.15) is 5.56 Å². The van der Waals surface area contributed by atoms with Crippen molar-refractivity contribution in [3.05, 3.63) is 34.4 Å². The second-order valence-electron chi connectivity index (χ2n) is 4.56. The SMILES string of the molecule is COC(=O)c1c(F)c(F)c(C2CCNCC2)c(F)c1F. The van der Waals surface area contributed by atoms with Crippen molar-refractivity contribution in [1.82, 2.24) is 5.32 Å². The van der Waals surface area contributed by atoms with E-state index in [0.29, 0.717) is 25.9 Å². The van der Waals surface area contributed by atoms with Crippen molar-refractivity contribution >= 4 is 5.97 Å². The number of carbonyl (C=O) groups is 1. The van der Waals surface area contributed by atoms with Gasteiger partial charge in [0.05, 0.1) is 7.11 Å². The number of halogens is 4. The Labute approximate surface area is 112 Å². The smallest absolute Gasteiger partial charge is 0.344 e. The molecular weight excluding hydrogens is 278 g/mol. The van der Waals surface area contributed by atoms with Gasteiger partial charge in [-0.2, -0.15) is 0 Å². The van der Waals surface area contributed by atoms with Crippen LogP contribution in [0.1, 0.15) is 34.7 Å². The zero-order chi connectivity index (χ0) is 14.9. The minimum Gasteiger partial charge on any atom is -0.465 e. The first-order chi connectivity index (χ1) is 9.49. The Balaban J connectivity index is 2.57. The van der Waals surface area contributed by atoms with Gasteiger partial charge in [-0.05, 0) is 31.8 Å². The summed E-state index contributed by atoms with van der Waals surface area (Å²) in [5, 5.41) is 2.98. The molecule has 0 aromatic heterocycles. The molecule has 1 heterocycles. The molecule has 0 aliphatic carbocycles. The van der Waals surface area contributed by atoms with E-state index in [1.165, 1.54) is 0 Å². The normalized spacial score (nSPS) is 16.2. The maximum absolute atomic E-state index is 14.0. The summed E-state index contributed by atoms with van der Waals surface area (Å²) < 4.78 is 59.7. The average molecular weight is 291 g/mol. The number of nitrogens with one attached hydrogen (secondary N) is 1. The summed E-state index contributed by atoms with van der Waals surface area (Å²) in [6, 6.07) is 0. The molecule has 0 radical (unpaired) electrons. The summed E-state index contributed by atoms with van der Waals surface area (Å²) in [6.45, 7) is 1.01. The Morgan fingerprint density at radius 3 is 2.00 bits per heavy atom. The third-order valence-corrected chi connectivity index (χ3v) is 3.43. The first kappa shape index (κ1) is 14.8. The van der Waals surface area contributed by atoms with Gasteiger partial charge in [0.15, 0.2) is 23.3 Å². The largest absolute Gasteiger partial charge is 0.465 e. The van der Waals surface area contributed by atoms with Gasteiger partial charge in [-0.3, -0.25) is 0 Å². The minimum absolute atomic E-state index is 0.365. The van der Waals surface area contributed by atoms with E-state index < -0.39 is 46.3 Å². The second kappa shape index (κ2) is 5.78. The Morgan fingerprint density at radius 1 is 1.05 bits per heavy atom. The Hall–Kier alpha value is -1.63. The molecule has 2 rings (SSSR count). The van der Waals surface area contributed by atoms with E-state index in [1.807, 2.05) is 0 Å². The molecule has 110 valence electrons. The maximum Gasteiger partial charge on any atom is 0.344 e. The summed E-state index contributed by atoms with van der Waals surface area (Å²) in [5.74, 6) is -8.51. The number of hydrogen-bond acceptors (Lipinski definition) is 3. The molecule has 1 fully saturated rings. The minimum atomic E-state index is -1.70. The van der Waals surface area contributed by atoms with Gasteiger partial charge in [0.25, 0.3) is 0 Å². The Bertz CT molecular complexity index is 513. The molecule has 1 aromatic rings. The lowest BCUT2D eigenvalue weighted by atomic mass is 9.88. The van der Waals surface area contributed by atoms with Crippen molar-refractivity contribution in [1.29, 1.82) is 0 Å². The molecule has 20 heavy (non-hydrogen) atoms. The fourth-order valence-corrected chi connectivity index (χ4v) is 2.40. The van der Waals surface area contributed by atoms with E-state index in [1.54, 1.807) is 0 Å². The predicted molar refractivity (Wildman–Crippen MR) is 62.5 cm³/mol. The molecule has 1 aromatic carbocycles. The molecule has 0 unspecified atom stereocenters. The molecule has 0 bridgehead atoms. The standard InChI is InChI=1S/C13H13F4NO2/c1-20-13(19)8-11(16)9(14)7(10(15)12(8)17)6-2-4-18-5-3-6/h6,18H,2-5H2,1H3. The summed E-state index contributed by atoms with van der Waals surface area (Å²) in [5.41, 5.74) is -1.96. The number of hydrogen-bond donors (Lipinski definition) is 1. The van der Waals surface area contributed by atoms with Crippen LogP contribution in [0.15, 0.2) is 0 Å². The van der Waals surface area contributed by atoms with E-state index >= 15 is 0 Å². The predicted octanol–water partition coefficient (Wildman–Crippen LogP) is 2.50. The number of esters is 1. The van der Waals surface area contributed by atoms with Crippen LogP contribution in [0, 0.1) is 23.3 Å². The third-order valence-electron chi connectivity index (χ3n) is 3.43. The molecule has 1 N–H and O–H groups in total. The van der Waals surface area contributed by atoms with Gasteiger partial charge in [0, 0.05) is 5.56 Å². The lowest BCUT2D eigenvalue weighted by Gasteiger charge is -2.24. The molecule has 0 amide bonds. The van der Waals surface area contributed by atoms with Crippen molar-refractivity contribution in [3.63, 3.8) is 0 Å². The highest BCUT2D eigenvalue weighted by Gasteiger charge is 2.33. The molecule has 0 spiro atoms. The molecule has 7 heteroatoms. The van der Waals surface area contributed by atoms with Crippen LogP contribution in [0.3, 0.4) is 0 Å². The lowest BCUT2D eigenvalue weighted by molar-refractivity contribution is 0.0586. The molecule has 0 atom stereocenters. The molecule has 3 nitrogen and oxygen atoms in total. The number of carbonyl (C=O) groups excluding carboxylic acids is 1. The topological polar surface area (TPSA) is 38.3 Å². The number of benzene rings is 1. The van der Waals surface area contributed by atoms with Gasteiger partial charge in [0.2, 0.25) is 0 Å². The molecular formula is C13H13F4NO2. The lowest BCUT2D eigenvalue weighted by Crippen LogP contribution is -2.28. The van der Waals surface area contributed by atoms with Crippen molar-refractivity contribution in [2.24, 2.45) is 0 Å². The van der Waals surface area contributed by atoms with Crippen LogP contribution in [-0.4, -0.2) is 26.2 Å². The molecule has 1 aliphatic rings. The first-order valence-corrected chi connectivity index (χ1v) is 6.13. The van der Waals surface area contributed by atoms with Gasteiger partial charge in [-0.15, -0.1) is 0 Å². The van der Waals surface area contributed by atoms with Gasteiger partial charge in [-0.25, -0.2) is 22.4 Å². The van der Waals surface area contributed by atoms with E-state index in [4.69, 9.17) is 0 Å². The van der Waals surface area contributed by atoms with Crippen LogP contribution in [0.25, 0.3) is 0 Å². The molecule has 0 saturated carbocycles. The molecule has 1 saturated heterocycles. The maximum atomic E-state index is 14.0. The fraction of sp³-hybridized carbons (Fsp3) is 0.462. The van der Waals surface area contributed by atoms with E-state index in [2.05, 4.69) is 10.1 Å². The van der Waals surface area contributed by atoms with Crippen molar-refractivity contribution in [2.45, 2.75) is 18.8 Å². The van der Waals surface area contributed by atoms with Crippen molar-refractivity contribution in [2.75, 3.05) is 20.2 Å². The van der Waals surface area contributed by atoms with Crippen LogP contribution < -0.4 is 5.32 Å². The number of methoxy groups -OCH3 is 1. The summed E-state index contributed by atoms with van der Waals surface area (Å²) in [7, 11) is 0.873. The highest BCUT2D eigenvalue weighted by atomic mass is 19.2. The van der Waals surface area contributed by atoms with Crippen LogP contribution in [0.5, 0.6) is 0 Å². The van der Waals surface area contributed by atoms with Gasteiger partial charge in [-0.1, -0.05) is 0 Å². The Kier molecular flexibility index (Phi) is 4.27. The third kappa shape index (κ3) is 2.37. The van der Waals surface area contributed by atoms with E-state index in [0.717, 1.165) is 7.11 Å². The van der Waals surface area contributed by atoms with Crippen LogP contribution in [-0.2, 0) is 4.74 Å². The summed E-state index contributed by atoms with van der Waals surface area (Å²) in [4.78, 5) is 11.2. The van der Waals surface area contributed by atoms with Crippen LogP contribution in [0.4, 0.5) is 17.6 Å². The zero-order valence-electron chi connectivity index (χ0n) is 10.7. The van der Waals surface area contributed by atoms with Gasteiger partial charge < -0.3 is 10.1 Å². The Morgan fingerprint density at radius 2 is 1.55 bits per heavy atom. The first-order valence-electron chi connectivity index (χ1n) is 6.13. The monoisotopic (exact) mass is 291 g/mol. The summed E-state index contributed by atoms with van der Waals surface area (Å²) in [6.07, 6.45) is 0.731. The van der Waals surface area contributed by atoms with Gasteiger partial charge >= 0.3 is 5.97 Å². The summed E-state index contributed by atoms with van der Waals surface area (Å²) >= 11 is 0. The number of ether oxygens (including phenoxy) is 1. The number of piperidine rings is 1.